The zero-order chi connectivity index (χ0) is 20.0. The molecule has 0 saturated carbocycles. The van der Waals surface area contributed by atoms with Crippen molar-refractivity contribution in [2.24, 2.45) is 4.99 Å². The molecule has 1 unspecified atom stereocenters. The van der Waals surface area contributed by atoms with Crippen LogP contribution in [-0.4, -0.2) is 62.9 Å². The fourth-order valence-electron chi connectivity index (χ4n) is 3.54. The summed E-state index contributed by atoms with van der Waals surface area (Å²) in [6, 6.07) is 9.07. The summed E-state index contributed by atoms with van der Waals surface area (Å²) in [5.41, 5.74) is 2.37. The molecule has 2 N–H and O–H groups in total. The number of ether oxygens (including phenoxy) is 2. The molecule has 1 saturated heterocycles. The summed E-state index contributed by atoms with van der Waals surface area (Å²) >= 11 is 0. The average Bonchev–Trinajstić information content (AvgIpc) is 3.18. The van der Waals surface area contributed by atoms with Gasteiger partial charge in [0.2, 0.25) is 0 Å². The van der Waals surface area contributed by atoms with Crippen LogP contribution in [0.15, 0.2) is 29.3 Å². The van der Waals surface area contributed by atoms with Crippen LogP contribution in [0.4, 0.5) is 0 Å². The molecule has 29 heavy (non-hydrogen) atoms. The number of halogens is 1. The molecule has 1 aliphatic rings. The van der Waals surface area contributed by atoms with Crippen molar-refractivity contribution in [3.05, 3.63) is 35.4 Å². The number of benzene rings is 1. The number of rotatable bonds is 12. The lowest BCUT2D eigenvalue weighted by Crippen LogP contribution is -2.44. The van der Waals surface area contributed by atoms with Crippen LogP contribution in [0.25, 0.3) is 0 Å². The normalized spacial score (nSPS) is 17.2. The summed E-state index contributed by atoms with van der Waals surface area (Å²) in [4.78, 5) is 7.32. The van der Waals surface area contributed by atoms with Gasteiger partial charge in [0.1, 0.15) is 0 Å². The number of likely N-dealkylation sites (N-methyl/N-ethyl adjacent to an activating group) is 1. The lowest BCUT2D eigenvalue weighted by atomic mass is 10.1. The van der Waals surface area contributed by atoms with Gasteiger partial charge >= 0.3 is 0 Å². The molecule has 2 rings (SSSR count). The number of guanidine groups is 1. The third-order valence-electron chi connectivity index (χ3n) is 5.01. The second kappa shape index (κ2) is 15.9. The average molecular weight is 518 g/mol. The van der Waals surface area contributed by atoms with Gasteiger partial charge in [0, 0.05) is 25.7 Å². The summed E-state index contributed by atoms with van der Waals surface area (Å²) in [5, 5.41) is 6.88. The van der Waals surface area contributed by atoms with Crippen molar-refractivity contribution in [3.63, 3.8) is 0 Å². The Bertz CT molecular complexity index is 586. The van der Waals surface area contributed by atoms with Crippen LogP contribution >= 0.6 is 24.0 Å². The van der Waals surface area contributed by atoms with E-state index < -0.39 is 0 Å². The van der Waals surface area contributed by atoms with Gasteiger partial charge in [-0.05, 0) is 50.9 Å². The molecule has 0 spiro atoms. The molecule has 6 nitrogen and oxygen atoms in total. The number of nitrogens with zero attached hydrogens (tertiary/aromatic N) is 2. The van der Waals surface area contributed by atoms with Crippen LogP contribution in [0.5, 0.6) is 0 Å². The molecule has 0 aliphatic carbocycles. The Kier molecular flexibility index (Phi) is 14.3. The third-order valence-corrected chi connectivity index (χ3v) is 5.01. The molecule has 1 aromatic carbocycles. The first-order valence-corrected chi connectivity index (χ1v) is 10.8. The molecule has 0 amide bonds. The van der Waals surface area contributed by atoms with Crippen LogP contribution < -0.4 is 10.6 Å². The molecule has 7 heteroatoms. The topological polar surface area (TPSA) is 58.1 Å². The number of nitrogens with one attached hydrogen (secondary N) is 2. The van der Waals surface area contributed by atoms with E-state index in [1.54, 1.807) is 0 Å². The van der Waals surface area contributed by atoms with Gasteiger partial charge in [0.15, 0.2) is 5.96 Å². The van der Waals surface area contributed by atoms with Gasteiger partial charge in [-0.15, -0.1) is 24.0 Å². The molecule has 1 atom stereocenters. The van der Waals surface area contributed by atoms with Crippen molar-refractivity contribution in [1.82, 2.24) is 15.5 Å². The lowest BCUT2D eigenvalue weighted by molar-refractivity contribution is 0.0453. The van der Waals surface area contributed by atoms with Crippen LogP contribution in [0.2, 0.25) is 0 Å². The van der Waals surface area contributed by atoms with Gasteiger partial charge in [0.25, 0.3) is 0 Å². The smallest absolute Gasteiger partial charge is 0.191 e. The maximum Gasteiger partial charge on any atom is 0.191 e. The SMILES string of the molecule is CCNC(=NCc1cccc(COCCOCC)c1)NCC1CCCN1CC.I. The molecule has 0 bridgehead atoms. The zero-order valence-electron chi connectivity index (χ0n) is 18.3. The fourth-order valence-corrected chi connectivity index (χ4v) is 3.54. The van der Waals surface area contributed by atoms with E-state index in [2.05, 4.69) is 53.6 Å². The first kappa shape index (κ1) is 26.1. The van der Waals surface area contributed by atoms with Crippen LogP contribution in [0.3, 0.4) is 0 Å². The highest BCUT2D eigenvalue weighted by Crippen LogP contribution is 2.15. The summed E-state index contributed by atoms with van der Waals surface area (Å²) in [7, 11) is 0. The first-order chi connectivity index (χ1) is 13.8. The molecule has 1 aliphatic heterocycles. The van der Waals surface area contributed by atoms with E-state index in [9.17, 15) is 0 Å². The van der Waals surface area contributed by atoms with Crippen molar-refractivity contribution < 1.29 is 9.47 Å². The molecule has 0 aromatic heterocycles. The highest BCUT2D eigenvalue weighted by atomic mass is 127. The minimum Gasteiger partial charge on any atom is -0.379 e. The molecule has 166 valence electrons. The standard InChI is InChI=1S/C22H38N4O2.HI/c1-4-23-22(25-17-21-11-8-12-26(21)5-2)24-16-19-9-7-10-20(15-19)18-28-14-13-27-6-3;/h7,9-10,15,21H,4-6,8,11-14,16-18H2,1-3H3,(H2,23,24,25);1H. The first-order valence-electron chi connectivity index (χ1n) is 10.8. The molecular weight excluding hydrogens is 479 g/mol. The second-order valence-corrected chi connectivity index (χ2v) is 7.07. The minimum atomic E-state index is 0. The fraction of sp³-hybridized carbons (Fsp3) is 0.682. The van der Waals surface area contributed by atoms with Gasteiger partial charge in [0.05, 0.1) is 26.4 Å². The highest BCUT2D eigenvalue weighted by Gasteiger charge is 2.22. The Morgan fingerprint density at radius 3 is 2.69 bits per heavy atom. The molecular formula is C22H39IN4O2. The van der Waals surface area contributed by atoms with Gasteiger partial charge in [-0.3, -0.25) is 4.90 Å². The van der Waals surface area contributed by atoms with Crippen molar-refractivity contribution in [1.29, 1.82) is 0 Å². The van der Waals surface area contributed by atoms with Crippen molar-refractivity contribution in [2.75, 3.05) is 46.0 Å². The van der Waals surface area contributed by atoms with E-state index in [1.165, 1.54) is 30.5 Å². The van der Waals surface area contributed by atoms with E-state index in [-0.39, 0.29) is 24.0 Å². The lowest BCUT2D eigenvalue weighted by Gasteiger charge is -2.24. The molecule has 1 fully saturated rings. The highest BCUT2D eigenvalue weighted by molar-refractivity contribution is 14.0. The van der Waals surface area contributed by atoms with Gasteiger partial charge in [-0.2, -0.15) is 0 Å². The summed E-state index contributed by atoms with van der Waals surface area (Å²) in [6.07, 6.45) is 2.57. The van der Waals surface area contributed by atoms with Crippen LogP contribution in [-0.2, 0) is 22.6 Å². The summed E-state index contributed by atoms with van der Waals surface area (Å²) in [6.45, 7) is 13.8. The number of hydrogen-bond acceptors (Lipinski definition) is 4. The van der Waals surface area contributed by atoms with Crippen molar-refractivity contribution in [2.45, 2.75) is 52.8 Å². The van der Waals surface area contributed by atoms with Crippen molar-refractivity contribution >= 4 is 29.9 Å². The maximum atomic E-state index is 5.67. The summed E-state index contributed by atoms with van der Waals surface area (Å²) < 4.78 is 11.0. The Labute approximate surface area is 193 Å². The Morgan fingerprint density at radius 2 is 1.93 bits per heavy atom. The Hall–Kier alpha value is -0.900. The van der Waals surface area contributed by atoms with Crippen LogP contribution in [0, 0.1) is 0 Å². The predicted octanol–water partition coefficient (Wildman–Crippen LogP) is 3.40. The van der Waals surface area contributed by atoms with E-state index in [1.807, 2.05) is 6.92 Å². The van der Waals surface area contributed by atoms with Crippen molar-refractivity contribution in [3.8, 4) is 0 Å². The largest absolute Gasteiger partial charge is 0.379 e. The van der Waals surface area contributed by atoms with Crippen LogP contribution in [0.1, 0.15) is 44.7 Å². The maximum absolute atomic E-state index is 5.67. The van der Waals surface area contributed by atoms with E-state index in [0.717, 1.165) is 32.2 Å². The Balaban J connectivity index is 0.00000420. The predicted molar refractivity (Wildman–Crippen MR) is 131 cm³/mol. The van der Waals surface area contributed by atoms with Gasteiger partial charge in [-0.25, -0.2) is 4.99 Å². The zero-order valence-corrected chi connectivity index (χ0v) is 20.6. The minimum absolute atomic E-state index is 0. The number of likely N-dealkylation sites (tertiary alicyclic amines) is 1. The van der Waals surface area contributed by atoms with Gasteiger partial charge < -0.3 is 20.1 Å². The second-order valence-electron chi connectivity index (χ2n) is 7.07. The van der Waals surface area contributed by atoms with E-state index >= 15 is 0 Å². The molecule has 1 aromatic rings. The monoisotopic (exact) mass is 518 g/mol. The number of hydrogen-bond donors (Lipinski definition) is 2. The Morgan fingerprint density at radius 1 is 1.14 bits per heavy atom. The third kappa shape index (κ3) is 10.1. The number of aliphatic imine (C=N–C) groups is 1. The molecule has 0 radical (unpaired) electrons. The van der Waals surface area contributed by atoms with Gasteiger partial charge in [-0.1, -0.05) is 31.2 Å². The summed E-state index contributed by atoms with van der Waals surface area (Å²) in [5.74, 6) is 0.892. The van der Waals surface area contributed by atoms with E-state index in [0.29, 0.717) is 32.4 Å². The van der Waals surface area contributed by atoms with E-state index in [4.69, 9.17) is 14.5 Å². The molecule has 1 heterocycles. The quantitative estimate of drug-likeness (QED) is 0.192.